The van der Waals surface area contributed by atoms with Gasteiger partial charge in [-0.3, -0.25) is 14.5 Å². The van der Waals surface area contributed by atoms with Crippen molar-refractivity contribution in [2.24, 2.45) is 0 Å². The molecule has 0 aliphatic carbocycles. The van der Waals surface area contributed by atoms with Crippen molar-refractivity contribution in [3.05, 3.63) is 23.8 Å². The first-order valence-corrected chi connectivity index (χ1v) is 10.7. The SMILES string of the molecule is CCC(C)NC(=O)C(C)N1CCN(C(=O)C=Cc2cc(OC)c(OC)c(OC)c2)CC1. The van der Waals surface area contributed by atoms with Crippen molar-refractivity contribution in [2.75, 3.05) is 47.5 Å². The van der Waals surface area contributed by atoms with Crippen LogP contribution in [-0.4, -0.2) is 81.2 Å². The maximum absolute atomic E-state index is 12.7. The fourth-order valence-corrected chi connectivity index (χ4v) is 3.43. The molecule has 1 N–H and O–H groups in total. The number of carbonyl (C=O) groups excluding carboxylic acids is 2. The van der Waals surface area contributed by atoms with Gasteiger partial charge in [0, 0.05) is 38.3 Å². The molecule has 1 aromatic carbocycles. The minimum absolute atomic E-state index is 0.0384. The van der Waals surface area contributed by atoms with E-state index in [4.69, 9.17) is 14.2 Å². The summed E-state index contributed by atoms with van der Waals surface area (Å²) in [6, 6.07) is 3.54. The molecule has 1 aliphatic rings. The fraction of sp³-hybridized carbons (Fsp3) is 0.565. The third kappa shape index (κ3) is 6.37. The molecule has 0 radical (unpaired) electrons. The standard InChI is InChI=1S/C23H35N3O5/c1-7-16(2)24-23(28)17(3)25-10-12-26(13-11-25)21(27)9-8-18-14-19(29-4)22(31-6)20(15-18)30-5/h8-9,14-17H,7,10-13H2,1-6H3,(H,24,28). The smallest absolute Gasteiger partial charge is 0.246 e. The second-order valence-corrected chi connectivity index (χ2v) is 7.65. The highest BCUT2D eigenvalue weighted by molar-refractivity contribution is 5.92. The van der Waals surface area contributed by atoms with Gasteiger partial charge in [0.15, 0.2) is 11.5 Å². The van der Waals surface area contributed by atoms with Gasteiger partial charge in [0.05, 0.1) is 27.4 Å². The van der Waals surface area contributed by atoms with E-state index < -0.39 is 0 Å². The van der Waals surface area contributed by atoms with Crippen LogP contribution in [0.15, 0.2) is 18.2 Å². The van der Waals surface area contributed by atoms with Crippen molar-refractivity contribution in [2.45, 2.75) is 39.3 Å². The summed E-state index contributed by atoms with van der Waals surface area (Å²) in [5.74, 6) is 1.55. The number of nitrogens with zero attached hydrogens (tertiary/aromatic N) is 2. The van der Waals surface area contributed by atoms with Crippen molar-refractivity contribution in [3.63, 3.8) is 0 Å². The highest BCUT2D eigenvalue weighted by Crippen LogP contribution is 2.38. The molecule has 2 amide bonds. The van der Waals surface area contributed by atoms with E-state index in [0.29, 0.717) is 43.4 Å². The molecule has 0 saturated carbocycles. The maximum Gasteiger partial charge on any atom is 0.246 e. The molecule has 0 aromatic heterocycles. The second-order valence-electron chi connectivity index (χ2n) is 7.65. The molecule has 1 heterocycles. The van der Waals surface area contributed by atoms with Gasteiger partial charge in [-0.2, -0.15) is 0 Å². The van der Waals surface area contributed by atoms with E-state index in [1.54, 1.807) is 50.5 Å². The van der Waals surface area contributed by atoms with Crippen LogP contribution in [0.3, 0.4) is 0 Å². The molecule has 0 bridgehead atoms. The van der Waals surface area contributed by atoms with E-state index in [1.807, 2.05) is 20.8 Å². The molecule has 31 heavy (non-hydrogen) atoms. The average molecular weight is 434 g/mol. The summed E-state index contributed by atoms with van der Waals surface area (Å²) in [6.45, 7) is 8.46. The lowest BCUT2D eigenvalue weighted by Gasteiger charge is -2.37. The Hall–Kier alpha value is -2.74. The molecule has 8 heteroatoms. The maximum atomic E-state index is 12.7. The predicted octanol–water partition coefficient (Wildman–Crippen LogP) is 2.17. The zero-order chi connectivity index (χ0) is 23.0. The molecule has 1 aromatic rings. The van der Waals surface area contributed by atoms with Crippen LogP contribution in [0.4, 0.5) is 0 Å². The lowest BCUT2D eigenvalue weighted by atomic mass is 10.1. The quantitative estimate of drug-likeness (QED) is 0.602. The van der Waals surface area contributed by atoms with E-state index in [9.17, 15) is 9.59 Å². The van der Waals surface area contributed by atoms with Gasteiger partial charge < -0.3 is 24.4 Å². The van der Waals surface area contributed by atoms with Gasteiger partial charge in [-0.25, -0.2) is 0 Å². The number of carbonyl (C=O) groups is 2. The Morgan fingerprint density at radius 3 is 2.10 bits per heavy atom. The van der Waals surface area contributed by atoms with Crippen LogP contribution in [0.25, 0.3) is 6.08 Å². The summed E-state index contributed by atoms with van der Waals surface area (Å²) in [5.41, 5.74) is 0.775. The number of amides is 2. The van der Waals surface area contributed by atoms with Gasteiger partial charge in [0.2, 0.25) is 17.6 Å². The summed E-state index contributed by atoms with van der Waals surface area (Å²) < 4.78 is 16.0. The highest BCUT2D eigenvalue weighted by atomic mass is 16.5. The van der Waals surface area contributed by atoms with Crippen LogP contribution in [0.1, 0.15) is 32.8 Å². The number of hydrogen-bond donors (Lipinski definition) is 1. The summed E-state index contributed by atoms with van der Waals surface area (Å²) in [6.07, 6.45) is 4.19. The Balaban J connectivity index is 1.96. The molecule has 172 valence electrons. The Morgan fingerprint density at radius 1 is 1.03 bits per heavy atom. The largest absolute Gasteiger partial charge is 0.493 e. The molecule has 0 spiro atoms. The number of methoxy groups -OCH3 is 3. The number of ether oxygens (including phenoxy) is 3. The van der Waals surface area contributed by atoms with E-state index in [-0.39, 0.29) is 23.9 Å². The normalized spacial score (nSPS) is 16.6. The Kier molecular flexibility index (Phi) is 9.18. The summed E-state index contributed by atoms with van der Waals surface area (Å²) >= 11 is 0. The molecular formula is C23H35N3O5. The first-order chi connectivity index (χ1) is 14.8. The van der Waals surface area contributed by atoms with E-state index in [2.05, 4.69) is 10.2 Å². The summed E-state index contributed by atoms with van der Waals surface area (Å²) in [7, 11) is 4.66. The van der Waals surface area contributed by atoms with Gasteiger partial charge >= 0.3 is 0 Å². The average Bonchev–Trinajstić information content (AvgIpc) is 2.80. The topological polar surface area (TPSA) is 80.3 Å². The van der Waals surface area contributed by atoms with Gasteiger partial charge in [0.1, 0.15) is 0 Å². The molecule has 1 fully saturated rings. The third-order valence-electron chi connectivity index (χ3n) is 5.66. The number of hydrogen-bond acceptors (Lipinski definition) is 6. The zero-order valence-electron chi connectivity index (χ0n) is 19.4. The Bertz CT molecular complexity index is 762. The molecule has 1 saturated heterocycles. The van der Waals surface area contributed by atoms with Crippen molar-refractivity contribution in [1.29, 1.82) is 0 Å². The van der Waals surface area contributed by atoms with Crippen molar-refractivity contribution < 1.29 is 23.8 Å². The van der Waals surface area contributed by atoms with Crippen LogP contribution in [-0.2, 0) is 9.59 Å². The van der Waals surface area contributed by atoms with Crippen LogP contribution < -0.4 is 19.5 Å². The first kappa shape index (κ1) is 24.5. The number of benzene rings is 1. The Morgan fingerprint density at radius 2 is 1.61 bits per heavy atom. The first-order valence-electron chi connectivity index (χ1n) is 10.7. The Labute approximate surface area is 185 Å². The van der Waals surface area contributed by atoms with Gasteiger partial charge in [-0.15, -0.1) is 0 Å². The van der Waals surface area contributed by atoms with Gasteiger partial charge in [-0.1, -0.05) is 6.92 Å². The van der Waals surface area contributed by atoms with Crippen molar-refractivity contribution in [3.8, 4) is 17.2 Å². The number of rotatable bonds is 9. The number of piperazine rings is 1. The molecular weight excluding hydrogens is 398 g/mol. The predicted molar refractivity (Wildman–Crippen MR) is 121 cm³/mol. The lowest BCUT2D eigenvalue weighted by Crippen LogP contribution is -2.55. The number of nitrogens with one attached hydrogen (secondary N) is 1. The molecule has 2 atom stereocenters. The van der Waals surface area contributed by atoms with Crippen LogP contribution in [0, 0.1) is 0 Å². The summed E-state index contributed by atoms with van der Waals surface area (Å²) in [5, 5.41) is 3.02. The van der Waals surface area contributed by atoms with Crippen molar-refractivity contribution >= 4 is 17.9 Å². The second kappa shape index (κ2) is 11.6. The van der Waals surface area contributed by atoms with Gasteiger partial charge in [0.25, 0.3) is 0 Å². The highest BCUT2D eigenvalue weighted by Gasteiger charge is 2.27. The van der Waals surface area contributed by atoms with Crippen LogP contribution in [0.5, 0.6) is 17.2 Å². The minimum Gasteiger partial charge on any atom is -0.493 e. The van der Waals surface area contributed by atoms with E-state index >= 15 is 0 Å². The fourth-order valence-electron chi connectivity index (χ4n) is 3.43. The van der Waals surface area contributed by atoms with Crippen LogP contribution >= 0.6 is 0 Å². The minimum atomic E-state index is -0.207. The molecule has 8 nitrogen and oxygen atoms in total. The summed E-state index contributed by atoms with van der Waals surface area (Å²) in [4.78, 5) is 28.9. The zero-order valence-corrected chi connectivity index (χ0v) is 19.4. The lowest BCUT2D eigenvalue weighted by molar-refractivity contribution is -0.130. The van der Waals surface area contributed by atoms with E-state index in [1.165, 1.54) is 0 Å². The van der Waals surface area contributed by atoms with E-state index in [0.717, 1.165) is 12.0 Å². The van der Waals surface area contributed by atoms with Crippen molar-refractivity contribution in [1.82, 2.24) is 15.1 Å². The van der Waals surface area contributed by atoms with Gasteiger partial charge in [-0.05, 0) is 44.0 Å². The molecule has 1 aliphatic heterocycles. The molecule has 2 unspecified atom stereocenters. The molecule has 2 rings (SSSR count). The van der Waals surface area contributed by atoms with Crippen LogP contribution in [0.2, 0.25) is 0 Å². The third-order valence-corrected chi connectivity index (χ3v) is 5.66. The monoisotopic (exact) mass is 433 g/mol.